The molecule has 0 aliphatic carbocycles. The molecule has 7 nitrogen and oxygen atoms in total. The van der Waals surface area contributed by atoms with Gasteiger partial charge in [-0.05, 0) is 42.8 Å². The third-order valence-corrected chi connectivity index (χ3v) is 4.21. The SMILES string of the molecule is Cc1ccc(-n2nc(C(=O)Nc3cccn(C)c3=O)ccc2=O)cc1Cl. The maximum Gasteiger partial charge on any atom is 0.276 e. The van der Waals surface area contributed by atoms with E-state index in [1.54, 1.807) is 37.5 Å². The van der Waals surface area contributed by atoms with E-state index >= 15 is 0 Å². The summed E-state index contributed by atoms with van der Waals surface area (Å²) in [7, 11) is 1.58. The average Bonchev–Trinajstić information content (AvgIpc) is 2.62. The van der Waals surface area contributed by atoms with Crippen molar-refractivity contribution in [1.82, 2.24) is 14.3 Å². The van der Waals surface area contributed by atoms with Crippen molar-refractivity contribution in [3.63, 3.8) is 0 Å². The number of anilines is 1. The van der Waals surface area contributed by atoms with Crippen LogP contribution in [0.15, 0.2) is 58.3 Å². The number of pyridine rings is 1. The molecule has 0 aliphatic heterocycles. The number of nitrogens with zero attached hydrogens (tertiary/aromatic N) is 3. The molecule has 8 heteroatoms. The Morgan fingerprint density at radius 3 is 2.65 bits per heavy atom. The van der Waals surface area contributed by atoms with Crippen LogP contribution in [-0.2, 0) is 7.05 Å². The monoisotopic (exact) mass is 370 g/mol. The van der Waals surface area contributed by atoms with Crippen molar-refractivity contribution in [2.24, 2.45) is 7.05 Å². The second kappa shape index (κ2) is 6.97. The van der Waals surface area contributed by atoms with Gasteiger partial charge >= 0.3 is 0 Å². The third-order valence-electron chi connectivity index (χ3n) is 3.80. The van der Waals surface area contributed by atoms with Crippen LogP contribution in [0.1, 0.15) is 16.1 Å². The number of hydrogen-bond acceptors (Lipinski definition) is 4. The van der Waals surface area contributed by atoms with Crippen LogP contribution in [0.2, 0.25) is 5.02 Å². The molecule has 2 aromatic heterocycles. The topological polar surface area (TPSA) is 86.0 Å². The minimum absolute atomic E-state index is 0.00722. The Morgan fingerprint density at radius 1 is 1.15 bits per heavy atom. The number of carbonyl (C=O) groups is 1. The number of benzene rings is 1. The number of hydrogen-bond donors (Lipinski definition) is 1. The molecule has 0 aliphatic rings. The van der Waals surface area contributed by atoms with Crippen LogP contribution in [0.5, 0.6) is 0 Å². The quantitative estimate of drug-likeness (QED) is 0.765. The molecule has 132 valence electrons. The van der Waals surface area contributed by atoms with Gasteiger partial charge in [0.2, 0.25) is 0 Å². The summed E-state index contributed by atoms with van der Waals surface area (Å²) in [5, 5.41) is 7.08. The first-order valence-electron chi connectivity index (χ1n) is 7.71. The van der Waals surface area contributed by atoms with E-state index in [-0.39, 0.29) is 16.9 Å². The van der Waals surface area contributed by atoms with Gasteiger partial charge in [-0.15, -0.1) is 0 Å². The molecule has 0 unspecified atom stereocenters. The summed E-state index contributed by atoms with van der Waals surface area (Å²) in [4.78, 5) is 36.6. The maximum atomic E-state index is 12.4. The molecule has 0 bridgehead atoms. The largest absolute Gasteiger partial charge is 0.317 e. The Kier molecular flexibility index (Phi) is 4.73. The number of aromatic nitrogens is 3. The van der Waals surface area contributed by atoms with Gasteiger partial charge in [0.25, 0.3) is 17.0 Å². The Balaban J connectivity index is 1.97. The second-order valence-corrected chi connectivity index (χ2v) is 6.10. The molecule has 3 rings (SSSR count). The zero-order chi connectivity index (χ0) is 18.8. The summed E-state index contributed by atoms with van der Waals surface area (Å²) in [5.41, 5.74) is 0.662. The van der Waals surface area contributed by atoms with E-state index in [0.717, 1.165) is 10.2 Å². The molecular weight excluding hydrogens is 356 g/mol. The number of amides is 1. The molecule has 0 radical (unpaired) electrons. The Labute approximate surface area is 153 Å². The van der Waals surface area contributed by atoms with Gasteiger partial charge in [0.15, 0.2) is 0 Å². The lowest BCUT2D eigenvalue weighted by molar-refractivity contribution is 0.102. The van der Waals surface area contributed by atoms with Crippen LogP contribution in [0.4, 0.5) is 5.69 Å². The molecule has 26 heavy (non-hydrogen) atoms. The minimum atomic E-state index is -0.597. The van der Waals surface area contributed by atoms with E-state index in [2.05, 4.69) is 10.4 Å². The molecule has 0 saturated carbocycles. The fourth-order valence-corrected chi connectivity index (χ4v) is 2.48. The van der Waals surface area contributed by atoms with E-state index in [1.165, 1.54) is 22.8 Å². The van der Waals surface area contributed by atoms with Crippen molar-refractivity contribution in [1.29, 1.82) is 0 Å². The maximum absolute atomic E-state index is 12.4. The second-order valence-electron chi connectivity index (χ2n) is 5.69. The zero-order valence-corrected chi connectivity index (χ0v) is 14.8. The molecule has 3 aromatic rings. The fourth-order valence-electron chi connectivity index (χ4n) is 2.31. The number of rotatable bonds is 3. The lowest BCUT2D eigenvalue weighted by Crippen LogP contribution is -2.27. The van der Waals surface area contributed by atoms with Crippen LogP contribution in [0.25, 0.3) is 5.69 Å². The van der Waals surface area contributed by atoms with E-state index in [4.69, 9.17) is 11.6 Å². The molecule has 0 spiro atoms. The van der Waals surface area contributed by atoms with E-state index < -0.39 is 11.5 Å². The molecule has 0 saturated heterocycles. The van der Waals surface area contributed by atoms with Gasteiger partial charge in [-0.1, -0.05) is 17.7 Å². The lowest BCUT2D eigenvalue weighted by atomic mass is 10.2. The summed E-state index contributed by atoms with van der Waals surface area (Å²) < 4.78 is 2.43. The van der Waals surface area contributed by atoms with Gasteiger partial charge in [0.1, 0.15) is 11.4 Å². The predicted molar refractivity (Wildman–Crippen MR) is 99.2 cm³/mol. The molecule has 0 fully saturated rings. The minimum Gasteiger partial charge on any atom is -0.317 e. The average molecular weight is 371 g/mol. The van der Waals surface area contributed by atoms with E-state index in [0.29, 0.717) is 10.7 Å². The van der Waals surface area contributed by atoms with Crippen LogP contribution in [0.3, 0.4) is 0 Å². The van der Waals surface area contributed by atoms with Crippen molar-refractivity contribution < 1.29 is 4.79 Å². The molecule has 1 N–H and O–H groups in total. The highest BCUT2D eigenvalue weighted by molar-refractivity contribution is 6.31. The summed E-state index contributed by atoms with van der Waals surface area (Å²) in [6.45, 7) is 1.84. The highest BCUT2D eigenvalue weighted by atomic mass is 35.5. The number of nitrogens with one attached hydrogen (secondary N) is 1. The van der Waals surface area contributed by atoms with Crippen LogP contribution in [-0.4, -0.2) is 20.3 Å². The van der Waals surface area contributed by atoms with E-state index in [1.807, 2.05) is 6.92 Å². The third kappa shape index (κ3) is 3.43. The number of carbonyl (C=O) groups excluding carboxylic acids is 1. The molecular formula is C18H15ClN4O3. The highest BCUT2D eigenvalue weighted by Gasteiger charge is 2.13. The zero-order valence-electron chi connectivity index (χ0n) is 14.1. The standard InChI is InChI=1S/C18H15ClN4O3/c1-11-5-6-12(10-13(11)19)23-16(24)8-7-14(21-23)17(25)20-15-4-3-9-22(2)18(15)26/h3-10H,1-2H3,(H,20,25). The Hall–Kier alpha value is -3.19. The van der Waals surface area contributed by atoms with Crippen molar-refractivity contribution in [2.45, 2.75) is 6.92 Å². The van der Waals surface area contributed by atoms with Gasteiger partial charge in [-0.25, -0.2) is 0 Å². The number of halogens is 1. The number of aryl methyl sites for hydroxylation is 2. The first-order valence-corrected chi connectivity index (χ1v) is 8.08. The van der Waals surface area contributed by atoms with Gasteiger partial charge in [0.05, 0.1) is 5.69 Å². The predicted octanol–water partition coefficient (Wildman–Crippen LogP) is 2.15. The van der Waals surface area contributed by atoms with Crippen LogP contribution < -0.4 is 16.4 Å². The summed E-state index contributed by atoms with van der Waals surface area (Å²) in [6, 6.07) is 10.7. The van der Waals surface area contributed by atoms with Crippen molar-refractivity contribution in [3.8, 4) is 5.69 Å². The molecule has 0 atom stereocenters. The molecule has 1 aromatic carbocycles. The first kappa shape index (κ1) is 17.6. The fraction of sp³-hybridized carbons (Fsp3) is 0.111. The highest BCUT2D eigenvalue weighted by Crippen LogP contribution is 2.18. The summed E-state index contributed by atoms with van der Waals surface area (Å²) >= 11 is 6.10. The smallest absolute Gasteiger partial charge is 0.276 e. The van der Waals surface area contributed by atoms with Crippen molar-refractivity contribution in [2.75, 3.05) is 5.32 Å². The molecule has 2 heterocycles. The van der Waals surface area contributed by atoms with Gasteiger partial charge in [0, 0.05) is 24.3 Å². The lowest BCUT2D eigenvalue weighted by Gasteiger charge is -2.09. The Morgan fingerprint density at radius 2 is 1.92 bits per heavy atom. The van der Waals surface area contributed by atoms with Crippen LogP contribution in [0, 0.1) is 6.92 Å². The summed E-state index contributed by atoms with van der Waals surface area (Å²) in [5.74, 6) is -0.597. The molecule has 1 amide bonds. The van der Waals surface area contributed by atoms with Gasteiger partial charge < -0.3 is 9.88 Å². The summed E-state index contributed by atoms with van der Waals surface area (Å²) in [6.07, 6.45) is 1.58. The van der Waals surface area contributed by atoms with Crippen molar-refractivity contribution in [3.05, 3.63) is 85.6 Å². The van der Waals surface area contributed by atoms with Gasteiger partial charge in [-0.2, -0.15) is 9.78 Å². The van der Waals surface area contributed by atoms with E-state index in [9.17, 15) is 14.4 Å². The Bertz CT molecular complexity index is 1120. The van der Waals surface area contributed by atoms with Gasteiger partial charge in [-0.3, -0.25) is 14.4 Å². The first-order chi connectivity index (χ1) is 12.4. The normalized spacial score (nSPS) is 10.6. The van der Waals surface area contributed by atoms with Crippen molar-refractivity contribution >= 4 is 23.2 Å². The van der Waals surface area contributed by atoms with Crippen LogP contribution >= 0.6 is 11.6 Å².